The highest BCUT2D eigenvalue weighted by molar-refractivity contribution is 7.80. The lowest BCUT2D eigenvalue weighted by atomic mass is 9.86. The van der Waals surface area contributed by atoms with Crippen LogP contribution in [0, 0.1) is 6.92 Å². The first-order valence-corrected chi connectivity index (χ1v) is 27.0. The molecule has 3 aromatic heterocycles. The van der Waals surface area contributed by atoms with Crippen molar-refractivity contribution in [3.63, 3.8) is 0 Å². The largest absolute Gasteiger partial charge is 0.278 e. The number of allylic oxidation sites excluding steroid dienone is 5. The number of rotatable bonds is 12. The zero-order valence-corrected chi connectivity index (χ0v) is 43.1. The van der Waals surface area contributed by atoms with E-state index in [1.165, 1.54) is 84.6 Å². The quantitative estimate of drug-likeness (QED) is 0.0695. The lowest BCUT2D eigenvalue weighted by molar-refractivity contribution is -0.759. The molecule has 0 aliphatic carbocycles. The van der Waals surface area contributed by atoms with Crippen LogP contribution < -0.4 is 29.9 Å². The van der Waals surface area contributed by atoms with E-state index in [1.54, 1.807) is 0 Å². The lowest BCUT2D eigenvalue weighted by Gasteiger charge is -2.37. The topological polar surface area (TPSA) is 49.7 Å². The number of anilines is 3. The molecule has 5 heterocycles. The highest BCUT2D eigenvalue weighted by Crippen LogP contribution is 2.49. The number of hydrogen-bond acceptors (Lipinski definition) is 4. The summed E-state index contributed by atoms with van der Waals surface area (Å²) in [6.07, 6.45) is 16.3. The first-order valence-electron chi connectivity index (χ1n) is 25.7. The lowest BCUT2D eigenvalue weighted by Crippen LogP contribution is -2.62. The number of aromatic nitrogens is 5. The third-order valence-corrected chi connectivity index (χ3v) is 17.3. The maximum Gasteiger partial charge on any atom is 0.260 e. The maximum atomic E-state index is 5.27. The zero-order valence-electron chi connectivity index (χ0n) is 42.2. The van der Waals surface area contributed by atoms with Crippen molar-refractivity contribution in [1.82, 2.24) is 15.0 Å². The first kappa shape index (κ1) is 46.7. The SMILES string of the molecule is CC=CC(=CC)c1nc(-c2ccccc2)nc(N2c3ccccc3P(c3ccc(C)c(-c4ccc5ccccc5[n+]4C4=Cc5ccccc5-c5cc(CCCC)cc[n+]5C4(CC)CC)c3)c3ccccc32)n1. The van der Waals surface area contributed by atoms with E-state index in [-0.39, 0.29) is 5.54 Å². The van der Waals surface area contributed by atoms with Gasteiger partial charge >= 0.3 is 0 Å². The summed E-state index contributed by atoms with van der Waals surface area (Å²) < 4.78 is 5.23. The van der Waals surface area contributed by atoms with E-state index >= 15 is 0 Å². The summed E-state index contributed by atoms with van der Waals surface area (Å²) in [5, 5.41) is 4.99. The molecule has 6 nitrogen and oxygen atoms in total. The van der Waals surface area contributed by atoms with Gasteiger partial charge in [-0.2, -0.15) is 19.1 Å². The minimum absolute atomic E-state index is 0.364. The van der Waals surface area contributed by atoms with Gasteiger partial charge in [-0.25, -0.2) is 4.98 Å². The molecule has 0 saturated heterocycles. The Kier molecular flexibility index (Phi) is 12.9. The van der Waals surface area contributed by atoms with Crippen molar-refractivity contribution in [2.24, 2.45) is 0 Å². The van der Waals surface area contributed by atoms with Gasteiger partial charge in [0.25, 0.3) is 11.2 Å². The molecule has 0 saturated carbocycles. The van der Waals surface area contributed by atoms with Gasteiger partial charge in [-0.3, -0.25) is 4.90 Å². The van der Waals surface area contributed by atoms with E-state index in [1.807, 2.05) is 38.1 Å². The second kappa shape index (κ2) is 19.9. The summed E-state index contributed by atoms with van der Waals surface area (Å²) in [4.78, 5) is 17.9. The van der Waals surface area contributed by atoms with Crippen molar-refractivity contribution in [1.29, 1.82) is 0 Å². The summed E-state index contributed by atoms with van der Waals surface area (Å²) >= 11 is 0. The Morgan fingerprint density at radius 2 is 1.38 bits per heavy atom. The molecule has 0 spiro atoms. The molecule has 2 aliphatic rings. The Morgan fingerprint density at radius 3 is 2.11 bits per heavy atom. The van der Waals surface area contributed by atoms with Crippen molar-refractivity contribution in [3.8, 4) is 33.9 Å². The van der Waals surface area contributed by atoms with Crippen molar-refractivity contribution in [3.05, 3.63) is 217 Å². The predicted octanol–water partition coefficient (Wildman–Crippen LogP) is 14.3. The molecule has 0 N–H and O–H groups in total. The van der Waals surface area contributed by atoms with Gasteiger partial charge in [0.1, 0.15) is 0 Å². The summed E-state index contributed by atoms with van der Waals surface area (Å²) in [5.41, 5.74) is 14.9. The molecule has 9 aromatic rings. The van der Waals surface area contributed by atoms with Crippen LogP contribution >= 0.6 is 7.92 Å². The molecule has 354 valence electrons. The van der Waals surface area contributed by atoms with E-state index < -0.39 is 7.92 Å². The summed E-state index contributed by atoms with van der Waals surface area (Å²) in [6.45, 7) is 13.4. The van der Waals surface area contributed by atoms with Crippen LogP contribution in [-0.4, -0.2) is 15.0 Å². The van der Waals surface area contributed by atoms with Gasteiger partial charge < -0.3 is 0 Å². The molecule has 0 amide bonds. The number of pyridine rings is 2. The van der Waals surface area contributed by atoms with Crippen molar-refractivity contribution >= 4 is 69.4 Å². The maximum absolute atomic E-state index is 5.27. The normalized spacial score (nSPS) is 14.1. The van der Waals surface area contributed by atoms with Gasteiger partial charge in [-0.1, -0.05) is 155 Å². The summed E-state index contributed by atoms with van der Waals surface area (Å²) in [6, 6.07) is 62.6. The Hall–Kier alpha value is -7.66. The zero-order chi connectivity index (χ0) is 49.3. The number of para-hydroxylation sites is 3. The minimum Gasteiger partial charge on any atom is -0.278 e. The minimum atomic E-state index is -1.04. The van der Waals surface area contributed by atoms with E-state index in [9.17, 15) is 0 Å². The number of aryl methyl sites for hydroxylation is 2. The molecule has 0 atom stereocenters. The highest BCUT2D eigenvalue weighted by Gasteiger charge is 2.52. The molecule has 0 radical (unpaired) electrons. The fourth-order valence-corrected chi connectivity index (χ4v) is 13.7. The fourth-order valence-electron chi connectivity index (χ4n) is 11.1. The molecule has 0 fully saturated rings. The van der Waals surface area contributed by atoms with Gasteiger partial charge in [0.05, 0.1) is 22.5 Å². The van der Waals surface area contributed by atoms with Crippen LogP contribution in [0.2, 0.25) is 0 Å². The highest BCUT2D eigenvalue weighted by atomic mass is 31.1. The van der Waals surface area contributed by atoms with Gasteiger partial charge in [0.15, 0.2) is 17.8 Å². The number of fused-ring (bicyclic) bond motifs is 6. The number of benzene rings is 6. The fraction of sp³-hybridized carbons (Fsp3) is 0.185. The molecule has 0 bridgehead atoms. The predicted molar refractivity (Wildman–Crippen MR) is 302 cm³/mol. The summed E-state index contributed by atoms with van der Waals surface area (Å²) in [5.74, 6) is 1.86. The average molecular weight is 957 g/mol. The second-order valence-corrected chi connectivity index (χ2v) is 21.1. The van der Waals surface area contributed by atoms with E-state index in [0.717, 1.165) is 41.8 Å². The van der Waals surface area contributed by atoms with E-state index in [0.29, 0.717) is 17.6 Å². The first-order chi connectivity index (χ1) is 35.4. The van der Waals surface area contributed by atoms with Gasteiger partial charge in [0.2, 0.25) is 22.9 Å². The van der Waals surface area contributed by atoms with Crippen LogP contribution in [0.1, 0.15) is 82.8 Å². The van der Waals surface area contributed by atoms with Crippen molar-refractivity contribution in [2.45, 2.75) is 79.2 Å². The average Bonchev–Trinajstić information content (AvgIpc) is 3.55. The number of hydrogen-bond donors (Lipinski definition) is 0. The number of nitrogens with zero attached hydrogens (tertiary/aromatic N) is 6. The van der Waals surface area contributed by atoms with Crippen LogP contribution in [-0.2, 0) is 12.0 Å². The van der Waals surface area contributed by atoms with Gasteiger partial charge in [-0.15, -0.1) is 0 Å². The van der Waals surface area contributed by atoms with Crippen LogP contribution in [0.5, 0.6) is 0 Å². The Morgan fingerprint density at radius 1 is 0.667 bits per heavy atom. The molecule has 0 unspecified atom stereocenters. The summed E-state index contributed by atoms with van der Waals surface area (Å²) in [7, 11) is -1.04. The van der Waals surface area contributed by atoms with E-state index in [4.69, 9.17) is 15.0 Å². The third-order valence-electron chi connectivity index (χ3n) is 14.8. The van der Waals surface area contributed by atoms with Crippen LogP contribution in [0.15, 0.2) is 194 Å². The van der Waals surface area contributed by atoms with Crippen molar-refractivity contribution < 1.29 is 9.13 Å². The second-order valence-electron chi connectivity index (χ2n) is 18.9. The van der Waals surface area contributed by atoms with Crippen molar-refractivity contribution in [2.75, 3.05) is 4.90 Å². The van der Waals surface area contributed by atoms with Gasteiger partial charge in [0, 0.05) is 70.3 Å². The Bertz CT molecular complexity index is 3560. The monoisotopic (exact) mass is 956 g/mol. The molecular weight excluding hydrogens is 896 g/mol. The van der Waals surface area contributed by atoms with Crippen LogP contribution in [0.25, 0.3) is 62.2 Å². The third kappa shape index (κ3) is 8.08. The molecule has 11 rings (SSSR count). The number of unbranched alkanes of at least 4 members (excludes halogenated alkanes) is 1. The Balaban J connectivity index is 1.11. The molecule has 72 heavy (non-hydrogen) atoms. The molecular formula is C65H61N6P+2. The Labute approximate surface area is 426 Å². The van der Waals surface area contributed by atoms with Crippen LogP contribution in [0.4, 0.5) is 17.3 Å². The standard InChI is InChI=1S/C65H61N6P/c1-7-12-25-46-40-41-69-58(42-46)52-30-18-16-29-50(52)43-61(65(69,10-4)11-5)70-54-31-19-17-26-48(54)37-39-55(70)53-44-51(38-36-45(53)6)72-59-34-22-20-32-56(59)71(57-33-21-23-35-60(57)72)64-67-62(47(9-3)24-8-2)66-63(68-64)49-27-14-13-15-28-49/h8-9,13-24,26-44H,7,10-12,25H2,1-6H3/q+2. The smallest absolute Gasteiger partial charge is 0.260 e. The van der Waals surface area contributed by atoms with E-state index in [2.05, 4.69) is 218 Å². The molecule has 7 heteroatoms. The molecule has 6 aromatic carbocycles. The van der Waals surface area contributed by atoms with Gasteiger partial charge in [-0.05, 0) is 99.9 Å². The van der Waals surface area contributed by atoms with Crippen LogP contribution in [0.3, 0.4) is 0 Å². The molecule has 2 aliphatic heterocycles.